The van der Waals surface area contributed by atoms with Gasteiger partial charge in [-0.25, -0.2) is 10.8 Å². The van der Waals surface area contributed by atoms with Gasteiger partial charge in [-0.1, -0.05) is 34.6 Å². The molecule has 1 heterocycles. The summed E-state index contributed by atoms with van der Waals surface area (Å²) >= 11 is 0. The Morgan fingerprint density at radius 2 is 2.05 bits per heavy atom. The van der Waals surface area contributed by atoms with Crippen LogP contribution in [0.2, 0.25) is 0 Å². The van der Waals surface area contributed by atoms with Gasteiger partial charge in [0.1, 0.15) is 5.82 Å². The van der Waals surface area contributed by atoms with Crippen molar-refractivity contribution in [3.63, 3.8) is 0 Å². The zero-order chi connectivity index (χ0) is 15.3. The third kappa shape index (κ3) is 4.49. The Labute approximate surface area is 121 Å². The van der Waals surface area contributed by atoms with Gasteiger partial charge in [0.2, 0.25) is 0 Å². The van der Waals surface area contributed by atoms with E-state index in [0.717, 1.165) is 12.1 Å². The molecule has 5 heteroatoms. The summed E-state index contributed by atoms with van der Waals surface area (Å²) in [4.78, 5) is 16.5. The zero-order valence-corrected chi connectivity index (χ0v) is 13.1. The van der Waals surface area contributed by atoms with E-state index < -0.39 is 0 Å². The Balaban J connectivity index is 2.77. The molecule has 20 heavy (non-hydrogen) atoms. The monoisotopic (exact) mass is 278 g/mol. The standard InChI is InChI=1S/C15H26N4O/c1-6-12-7-11(8-13(18-12)19-16)14(20)17-9-10(2)15(3,4)5/h7-8,10H,6,9,16H2,1-5H3,(H,17,20)(H,18,19). The molecule has 0 aliphatic heterocycles. The number of carbonyl (C=O) groups excluding carboxylic acids is 1. The van der Waals surface area contributed by atoms with E-state index in [1.807, 2.05) is 6.92 Å². The second-order valence-electron chi connectivity index (χ2n) is 6.21. The average Bonchev–Trinajstić information content (AvgIpc) is 2.42. The van der Waals surface area contributed by atoms with Crippen LogP contribution in [-0.2, 0) is 6.42 Å². The van der Waals surface area contributed by atoms with Gasteiger partial charge in [-0.05, 0) is 29.9 Å². The van der Waals surface area contributed by atoms with Crippen LogP contribution < -0.4 is 16.6 Å². The predicted molar refractivity (Wildman–Crippen MR) is 82.4 cm³/mol. The molecule has 0 aliphatic rings. The van der Waals surface area contributed by atoms with Crippen molar-refractivity contribution >= 4 is 11.7 Å². The highest BCUT2D eigenvalue weighted by Gasteiger charge is 2.20. The number of anilines is 1. The van der Waals surface area contributed by atoms with Crippen molar-refractivity contribution in [1.29, 1.82) is 0 Å². The van der Waals surface area contributed by atoms with Crippen LogP contribution in [0.1, 0.15) is 50.7 Å². The number of hydrogen-bond donors (Lipinski definition) is 3. The maximum Gasteiger partial charge on any atom is 0.251 e. The molecule has 0 fully saturated rings. The van der Waals surface area contributed by atoms with Gasteiger partial charge in [-0.15, -0.1) is 0 Å². The number of nitrogen functional groups attached to an aromatic ring is 1. The minimum absolute atomic E-state index is 0.0882. The van der Waals surface area contributed by atoms with E-state index in [4.69, 9.17) is 5.84 Å². The summed E-state index contributed by atoms with van der Waals surface area (Å²) in [5.41, 5.74) is 4.10. The second-order valence-corrected chi connectivity index (χ2v) is 6.21. The van der Waals surface area contributed by atoms with Gasteiger partial charge < -0.3 is 10.7 Å². The molecule has 0 aromatic carbocycles. The largest absolute Gasteiger partial charge is 0.352 e. The number of amides is 1. The third-order valence-electron chi connectivity index (χ3n) is 3.70. The van der Waals surface area contributed by atoms with E-state index in [2.05, 4.69) is 43.4 Å². The number of aromatic nitrogens is 1. The molecule has 0 aliphatic carbocycles. The Bertz CT molecular complexity index is 443. The van der Waals surface area contributed by atoms with E-state index in [9.17, 15) is 4.79 Å². The molecule has 0 saturated heterocycles. The van der Waals surface area contributed by atoms with Crippen molar-refractivity contribution in [3.8, 4) is 0 Å². The molecule has 0 saturated carbocycles. The van der Waals surface area contributed by atoms with Gasteiger partial charge in [0.15, 0.2) is 0 Å². The Kier molecular flexibility index (Phi) is 5.51. The Morgan fingerprint density at radius 1 is 1.40 bits per heavy atom. The lowest BCUT2D eigenvalue weighted by molar-refractivity contribution is 0.0937. The number of hydrazine groups is 1. The maximum atomic E-state index is 12.2. The molecule has 4 N–H and O–H groups in total. The number of rotatable bonds is 5. The summed E-state index contributed by atoms with van der Waals surface area (Å²) in [7, 11) is 0. The van der Waals surface area contributed by atoms with Gasteiger partial charge in [-0.3, -0.25) is 4.79 Å². The Hall–Kier alpha value is -1.62. The first kappa shape index (κ1) is 16.4. The fourth-order valence-corrected chi connectivity index (χ4v) is 1.63. The van der Waals surface area contributed by atoms with Crippen LogP contribution in [0.5, 0.6) is 0 Å². The second kappa shape index (κ2) is 6.70. The van der Waals surface area contributed by atoms with Gasteiger partial charge in [-0.2, -0.15) is 0 Å². The summed E-state index contributed by atoms with van der Waals surface area (Å²) in [5.74, 6) is 6.20. The summed E-state index contributed by atoms with van der Waals surface area (Å²) in [6.07, 6.45) is 0.758. The molecule has 1 rings (SSSR count). The van der Waals surface area contributed by atoms with Crippen LogP contribution in [0.25, 0.3) is 0 Å². The molecule has 1 aromatic rings. The van der Waals surface area contributed by atoms with Crippen molar-refractivity contribution in [3.05, 3.63) is 23.4 Å². The predicted octanol–water partition coefficient (Wildman–Crippen LogP) is 2.34. The minimum Gasteiger partial charge on any atom is -0.352 e. The van der Waals surface area contributed by atoms with Crippen LogP contribution in [0.15, 0.2) is 12.1 Å². The first-order chi connectivity index (χ1) is 9.27. The highest BCUT2D eigenvalue weighted by atomic mass is 16.1. The van der Waals surface area contributed by atoms with E-state index in [1.165, 1.54) is 0 Å². The molecule has 112 valence electrons. The molecule has 1 aromatic heterocycles. The van der Waals surface area contributed by atoms with Crippen LogP contribution in [-0.4, -0.2) is 17.4 Å². The number of carbonyl (C=O) groups is 1. The Morgan fingerprint density at radius 3 is 2.55 bits per heavy atom. The van der Waals surface area contributed by atoms with Crippen LogP contribution in [0.3, 0.4) is 0 Å². The number of pyridine rings is 1. The highest BCUT2D eigenvalue weighted by Crippen LogP contribution is 2.24. The summed E-state index contributed by atoms with van der Waals surface area (Å²) in [6.45, 7) is 11.3. The first-order valence-corrected chi connectivity index (χ1v) is 7.03. The van der Waals surface area contributed by atoms with E-state index in [-0.39, 0.29) is 11.3 Å². The summed E-state index contributed by atoms with van der Waals surface area (Å²) in [6, 6.07) is 3.47. The number of hydrogen-bond acceptors (Lipinski definition) is 4. The highest BCUT2D eigenvalue weighted by molar-refractivity contribution is 5.95. The van der Waals surface area contributed by atoms with Gasteiger partial charge in [0.25, 0.3) is 5.91 Å². The molecule has 1 unspecified atom stereocenters. The van der Waals surface area contributed by atoms with E-state index in [0.29, 0.717) is 23.8 Å². The lowest BCUT2D eigenvalue weighted by Gasteiger charge is -2.27. The summed E-state index contributed by atoms with van der Waals surface area (Å²) < 4.78 is 0. The van der Waals surface area contributed by atoms with Crippen molar-refractivity contribution in [2.45, 2.75) is 41.0 Å². The van der Waals surface area contributed by atoms with Crippen LogP contribution in [0.4, 0.5) is 5.82 Å². The zero-order valence-electron chi connectivity index (χ0n) is 13.1. The van der Waals surface area contributed by atoms with Gasteiger partial charge in [0, 0.05) is 17.8 Å². The minimum atomic E-state index is -0.0882. The smallest absolute Gasteiger partial charge is 0.251 e. The number of nitrogens with two attached hydrogens (primary N) is 1. The number of aryl methyl sites for hydroxylation is 1. The van der Waals surface area contributed by atoms with Crippen molar-refractivity contribution < 1.29 is 4.79 Å². The molecule has 0 radical (unpaired) electrons. The molecule has 0 spiro atoms. The average molecular weight is 278 g/mol. The topological polar surface area (TPSA) is 80.0 Å². The van der Waals surface area contributed by atoms with Crippen molar-refractivity contribution in [2.24, 2.45) is 17.2 Å². The van der Waals surface area contributed by atoms with Crippen molar-refractivity contribution in [2.75, 3.05) is 12.0 Å². The molecular weight excluding hydrogens is 252 g/mol. The maximum absolute atomic E-state index is 12.2. The van der Waals surface area contributed by atoms with Crippen LogP contribution >= 0.6 is 0 Å². The fraction of sp³-hybridized carbons (Fsp3) is 0.600. The van der Waals surface area contributed by atoms with E-state index in [1.54, 1.807) is 12.1 Å². The molecular formula is C15H26N4O. The van der Waals surface area contributed by atoms with Crippen LogP contribution in [0, 0.1) is 11.3 Å². The van der Waals surface area contributed by atoms with Crippen molar-refractivity contribution in [1.82, 2.24) is 10.3 Å². The normalized spacial score (nSPS) is 12.9. The SMILES string of the molecule is CCc1cc(C(=O)NCC(C)C(C)(C)C)cc(NN)n1. The van der Waals surface area contributed by atoms with Gasteiger partial charge in [0.05, 0.1) is 0 Å². The lowest BCUT2D eigenvalue weighted by Crippen LogP contribution is -2.33. The van der Waals surface area contributed by atoms with Gasteiger partial charge >= 0.3 is 0 Å². The molecule has 0 bridgehead atoms. The number of nitrogens with zero attached hydrogens (tertiary/aromatic N) is 1. The fourth-order valence-electron chi connectivity index (χ4n) is 1.63. The third-order valence-corrected chi connectivity index (χ3v) is 3.70. The first-order valence-electron chi connectivity index (χ1n) is 7.03. The molecule has 1 atom stereocenters. The van der Waals surface area contributed by atoms with E-state index >= 15 is 0 Å². The quantitative estimate of drug-likeness (QED) is 0.570. The summed E-state index contributed by atoms with van der Waals surface area (Å²) in [5, 5.41) is 2.97. The molecule has 1 amide bonds. The lowest BCUT2D eigenvalue weighted by atomic mass is 9.82. The number of nitrogens with one attached hydrogen (secondary N) is 2. The molecule has 5 nitrogen and oxygen atoms in total.